The Bertz CT molecular complexity index is 181. The highest BCUT2D eigenvalue weighted by Gasteiger charge is 2.33. The Labute approximate surface area is 73.9 Å². The summed E-state index contributed by atoms with van der Waals surface area (Å²) in [6, 6.07) is 0. The number of hydrogen-bond acceptors (Lipinski definition) is 2. The topological polar surface area (TPSA) is 46.3 Å². The van der Waals surface area contributed by atoms with Crippen LogP contribution >= 0.6 is 0 Å². The molecule has 1 saturated heterocycles. The van der Waals surface area contributed by atoms with Gasteiger partial charge in [0.2, 0.25) is 5.91 Å². The first-order valence-electron chi connectivity index (χ1n) is 4.53. The second-order valence-corrected chi connectivity index (χ2v) is 4.04. The van der Waals surface area contributed by atoms with Crippen molar-refractivity contribution >= 4 is 5.91 Å². The molecule has 70 valence electrons. The van der Waals surface area contributed by atoms with E-state index in [1.807, 2.05) is 4.90 Å². The fourth-order valence-electron chi connectivity index (χ4n) is 1.85. The molecule has 0 aromatic heterocycles. The van der Waals surface area contributed by atoms with Crippen LogP contribution in [-0.4, -0.2) is 30.4 Å². The predicted molar refractivity (Wildman–Crippen MR) is 48.6 cm³/mol. The Kier molecular flexibility index (Phi) is 2.73. The van der Waals surface area contributed by atoms with Crippen LogP contribution in [0.4, 0.5) is 0 Å². The summed E-state index contributed by atoms with van der Waals surface area (Å²) in [5.41, 5.74) is 5.79. The van der Waals surface area contributed by atoms with Crippen molar-refractivity contribution in [2.75, 3.05) is 19.6 Å². The molecule has 1 aliphatic heterocycles. The normalized spacial score (nSPS) is 29.4. The molecule has 1 aliphatic rings. The summed E-state index contributed by atoms with van der Waals surface area (Å²) in [4.78, 5) is 12.9. The van der Waals surface area contributed by atoms with Crippen LogP contribution in [0.2, 0.25) is 0 Å². The van der Waals surface area contributed by atoms with Crippen LogP contribution in [0.1, 0.15) is 26.7 Å². The van der Waals surface area contributed by atoms with E-state index in [0.717, 1.165) is 32.5 Å². The van der Waals surface area contributed by atoms with Gasteiger partial charge in [-0.25, -0.2) is 0 Å². The Balaban J connectivity index is 2.48. The van der Waals surface area contributed by atoms with E-state index in [4.69, 9.17) is 5.73 Å². The molecule has 0 aromatic carbocycles. The molecular formula is C9H18N2O. The minimum absolute atomic E-state index is 0.191. The first-order chi connectivity index (χ1) is 5.57. The molecule has 0 aromatic rings. The number of carbonyl (C=O) groups excluding carboxylic acids is 1. The standard InChI is InChI=1S/C9H18N2O/c1-8(12)11-6-4-9(2,7-11)3-5-10/h3-7,10H2,1-2H3. The minimum atomic E-state index is 0.191. The van der Waals surface area contributed by atoms with Gasteiger partial charge in [0.15, 0.2) is 0 Å². The van der Waals surface area contributed by atoms with Crippen LogP contribution in [0, 0.1) is 5.41 Å². The third-order valence-corrected chi connectivity index (χ3v) is 2.75. The molecule has 1 heterocycles. The number of carbonyl (C=O) groups is 1. The minimum Gasteiger partial charge on any atom is -0.342 e. The maximum atomic E-state index is 11.0. The summed E-state index contributed by atoms with van der Waals surface area (Å²) in [7, 11) is 0. The number of amides is 1. The maximum Gasteiger partial charge on any atom is 0.219 e. The zero-order valence-electron chi connectivity index (χ0n) is 7.97. The molecule has 3 heteroatoms. The van der Waals surface area contributed by atoms with E-state index in [1.165, 1.54) is 0 Å². The van der Waals surface area contributed by atoms with E-state index in [0.29, 0.717) is 0 Å². The lowest BCUT2D eigenvalue weighted by Gasteiger charge is -2.23. The molecule has 0 aliphatic carbocycles. The fraction of sp³-hybridized carbons (Fsp3) is 0.889. The molecule has 0 spiro atoms. The average Bonchev–Trinajstić information content (AvgIpc) is 2.33. The van der Waals surface area contributed by atoms with Gasteiger partial charge in [-0.15, -0.1) is 0 Å². The molecule has 1 rings (SSSR count). The molecule has 3 nitrogen and oxygen atoms in total. The van der Waals surface area contributed by atoms with E-state index >= 15 is 0 Å². The van der Waals surface area contributed by atoms with Gasteiger partial charge in [-0.3, -0.25) is 4.79 Å². The third kappa shape index (κ3) is 1.97. The Morgan fingerprint density at radius 1 is 1.67 bits per heavy atom. The van der Waals surface area contributed by atoms with Gasteiger partial charge in [-0.2, -0.15) is 0 Å². The highest BCUT2D eigenvalue weighted by molar-refractivity contribution is 5.73. The lowest BCUT2D eigenvalue weighted by Crippen LogP contribution is -2.30. The second kappa shape index (κ2) is 3.44. The summed E-state index contributed by atoms with van der Waals surface area (Å²) in [6.07, 6.45) is 2.13. The molecule has 0 saturated carbocycles. The monoisotopic (exact) mass is 170 g/mol. The van der Waals surface area contributed by atoms with Crippen LogP contribution in [-0.2, 0) is 4.79 Å². The van der Waals surface area contributed by atoms with Gasteiger partial charge in [0.1, 0.15) is 0 Å². The number of hydrogen-bond donors (Lipinski definition) is 1. The largest absolute Gasteiger partial charge is 0.342 e. The molecular weight excluding hydrogens is 152 g/mol. The smallest absolute Gasteiger partial charge is 0.219 e. The van der Waals surface area contributed by atoms with Crippen LogP contribution in [0.5, 0.6) is 0 Å². The molecule has 1 amide bonds. The van der Waals surface area contributed by atoms with E-state index in [2.05, 4.69) is 6.92 Å². The van der Waals surface area contributed by atoms with Gasteiger partial charge in [0, 0.05) is 20.0 Å². The van der Waals surface area contributed by atoms with Crippen LogP contribution in [0.25, 0.3) is 0 Å². The molecule has 1 atom stereocenters. The van der Waals surface area contributed by atoms with Gasteiger partial charge in [-0.05, 0) is 24.8 Å². The van der Waals surface area contributed by atoms with Crippen molar-refractivity contribution in [1.29, 1.82) is 0 Å². The SMILES string of the molecule is CC(=O)N1CCC(C)(CCN)C1. The molecule has 12 heavy (non-hydrogen) atoms. The number of rotatable bonds is 2. The van der Waals surface area contributed by atoms with Crippen LogP contribution in [0.3, 0.4) is 0 Å². The van der Waals surface area contributed by atoms with E-state index < -0.39 is 0 Å². The lowest BCUT2D eigenvalue weighted by molar-refractivity contribution is -0.128. The van der Waals surface area contributed by atoms with Crippen molar-refractivity contribution in [3.8, 4) is 0 Å². The van der Waals surface area contributed by atoms with Crippen LogP contribution < -0.4 is 5.73 Å². The van der Waals surface area contributed by atoms with Crippen molar-refractivity contribution in [1.82, 2.24) is 4.90 Å². The number of nitrogens with zero attached hydrogens (tertiary/aromatic N) is 1. The molecule has 0 radical (unpaired) electrons. The zero-order valence-corrected chi connectivity index (χ0v) is 7.97. The molecule has 2 N–H and O–H groups in total. The van der Waals surface area contributed by atoms with Crippen molar-refractivity contribution in [2.24, 2.45) is 11.1 Å². The maximum absolute atomic E-state index is 11.0. The zero-order chi connectivity index (χ0) is 9.19. The van der Waals surface area contributed by atoms with Gasteiger partial charge in [0.25, 0.3) is 0 Å². The summed E-state index contributed by atoms with van der Waals surface area (Å²) >= 11 is 0. The van der Waals surface area contributed by atoms with Crippen molar-refractivity contribution in [3.05, 3.63) is 0 Å². The third-order valence-electron chi connectivity index (χ3n) is 2.75. The van der Waals surface area contributed by atoms with Crippen molar-refractivity contribution in [3.63, 3.8) is 0 Å². The van der Waals surface area contributed by atoms with Gasteiger partial charge in [-0.1, -0.05) is 6.92 Å². The Morgan fingerprint density at radius 3 is 2.75 bits per heavy atom. The highest BCUT2D eigenvalue weighted by Crippen LogP contribution is 2.32. The molecule has 1 fully saturated rings. The first kappa shape index (κ1) is 9.52. The summed E-state index contributed by atoms with van der Waals surface area (Å²) in [5.74, 6) is 0.191. The molecule has 1 unspecified atom stereocenters. The average molecular weight is 170 g/mol. The van der Waals surface area contributed by atoms with Gasteiger partial charge < -0.3 is 10.6 Å². The Morgan fingerprint density at radius 2 is 2.33 bits per heavy atom. The predicted octanol–water partition coefficient (Wildman–Crippen LogP) is 0.594. The summed E-state index contributed by atoms with van der Waals surface area (Å²) in [6.45, 7) is 6.37. The number of nitrogens with two attached hydrogens (primary N) is 1. The van der Waals surface area contributed by atoms with Crippen molar-refractivity contribution < 1.29 is 4.79 Å². The van der Waals surface area contributed by atoms with E-state index in [9.17, 15) is 4.79 Å². The van der Waals surface area contributed by atoms with E-state index in [1.54, 1.807) is 6.92 Å². The summed E-state index contributed by atoms with van der Waals surface area (Å²) < 4.78 is 0. The Hall–Kier alpha value is -0.570. The van der Waals surface area contributed by atoms with Gasteiger partial charge >= 0.3 is 0 Å². The highest BCUT2D eigenvalue weighted by atomic mass is 16.2. The first-order valence-corrected chi connectivity index (χ1v) is 4.53. The number of likely N-dealkylation sites (tertiary alicyclic amines) is 1. The molecule has 0 bridgehead atoms. The fourth-order valence-corrected chi connectivity index (χ4v) is 1.85. The van der Waals surface area contributed by atoms with Crippen LogP contribution in [0.15, 0.2) is 0 Å². The summed E-state index contributed by atoms with van der Waals surface area (Å²) in [5, 5.41) is 0. The van der Waals surface area contributed by atoms with Gasteiger partial charge in [0.05, 0.1) is 0 Å². The van der Waals surface area contributed by atoms with Crippen molar-refractivity contribution in [2.45, 2.75) is 26.7 Å². The second-order valence-electron chi connectivity index (χ2n) is 4.04. The van der Waals surface area contributed by atoms with E-state index in [-0.39, 0.29) is 11.3 Å². The lowest BCUT2D eigenvalue weighted by atomic mass is 9.86. The quantitative estimate of drug-likeness (QED) is 0.659.